The SMILES string of the molecule is COc1ccc(C(C)(C)CNCCCC#N)cc1C. The van der Waals surface area contributed by atoms with E-state index >= 15 is 0 Å². The second-order valence-electron chi connectivity index (χ2n) is 5.51. The Morgan fingerprint density at radius 3 is 2.68 bits per heavy atom. The molecule has 1 aromatic rings. The predicted molar refractivity (Wildman–Crippen MR) is 78.5 cm³/mol. The Hall–Kier alpha value is -1.53. The highest BCUT2D eigenvalue weighted by atomic mass is 16.5. The van der Waals surface area contributed by atoms with E-state index in [-0.39, 0.29) is 5.41 Å². The monoisotopic (exact) mass is 260 g/mol. The van der Waals surface area contributed by atoms with Crippen molar-refractivity contribution < 1.29 is 4.74 Å². The van der Waals surface area contributed by atoms with Crippen molar-refractivity contribution in [3.8, 4) is 11.8 Å². The zero-order valence-corrected chi connectivity index (χ0v) is 12.4. The van der Waals surface area contributed by atoms with Crippen LogP contribution in [0.2, 0.25) is 0 Å². The van der Waals surface area contributed by atoms with E-state index in [2.05, 4.69) is 44.3 Å². The summed E-state index contributed by atoms with van der Waals surface area (Å²) in [7, 11) is 1.70. The average Bonchev–Trinajstić information content (AvgIpc) is 2.38. The summed E-state index contributed by atoms with van der Waals surface area (Å²) in [4.78, 5) is 0. The first-order valence-electron chi connectivity index (χ1n) is 6.74. The molecule has 0 unspecified atom stereocenters. The Labute approximate surface area is 116 Å². The lowest BCUT2D eigenvalue weighted by molar-refractivity contribution is 0.410. The molecule has 0 aromatic heterocycles. The van der Waals surface area contributed by atoms with Crippen molar-refractivity contribution in [1.29, 1.82) is 5.26 Å². The molecule has 0 fully saturated rings. The first-order valence-corrected chi connectivity index (χ1v) is 6.74. The third kappa shape index (κ3) is 4.57. The third-order valence-corrected chi connectivity index (χ3v) is 3.39. The van der Waals surface area contributed by atoms with Crippen LogP contribution in [0.15, 0.2) is 18.2 Å². The molecule has 1 rings (SSSR count). The number of nitrogens with one attached hydrogen (secondary N) is 1. The molecule has 0 bridgehead atoms. The van der Waals surface area contributed by atoms with Gasteiger partial charge in [0.25, 0.3) is 0 Å². The maximum absolute atomic E-state index is 8.49. The van der Waals surface area contributed by atoms with Crippen molar-refractivity contribution in [2.24, 2.45) is 0 Å². The van der Waals surface area contributed by atoms with Gasteiger partial charge in [-0.2, -0.15) is 5.26 Å². The molecule has 104 valence electrons. The lowest BCUT2D eigenvalue weighted by atomic mass is 9.83. The lowest BCUT2D eigenvalue weighted by Gasteiger charge is -2.26. The minimum absolute atomic E-state index is 0.0731. The van der Waals surface area contributed by atoms with Gasteiger partial charge in [0.1, 0.15) is 5.75 Å². The Kier molecular flexibility index (Phi) is 5.85. The Morgan fingerprint density at radius 1 is 1.37 bits per heavy atom. The molecule has 0 aliphatic heterocycles. The number of ether oxygens (including phenoxy) is 1. The van der Waals surface area contributed by atoms with E-state index in [1.807, 2.05) is 6.07 Å². The lowest BCUT2D eigenvalue weighted by Crippen LogP contribution is -2.33. The number of nitriles is 1. The van der Waals surface area contributed by atoms with Gasteiger partial charge in [0.05, 0.1) is 13.2 Å². The fourth-order valence-corrected chi connectivity index (χ4v) is 2.09. The molecule has 0 amide bonds. The van der Waals surface area contributed by atoms with Gasteiger partial charge in [0, 0.05) is 18.4 Å². The summed E-state index contributed by atoms with van der Waals surface area (Å²) in [6, 6.07) is 8.51. The first kappa shape index (κ1) is 15.5. The van der Waals surface area contributed by atoms with Gasteiger partial charge in [-0.25, -0.2) is 0 Å². The summed E-state index contributed by atoms with van der Waals surface area (Å²) in [5.74, 6) is 0.932. The molecule has 0 atom stereocenters. The minimum atomic E-state index is 0.0731. The molecule has 0 saturated carbocycles. The van der Waals surface area contributed by atoms with Crippen molar-refractivity contribution >= 4 is 0 Å². The van der Waals surface area contributed by atoms with Crippen LogP contribution >= 0.6 is 0 Å². The molecule has 3 nitrogen and oxygen atoms in total. The van der Waals surface area contributed by atoms with Crippen LogP contribution in [-0.2, 0) is 5.41 Å². The highest BCUT2D eigenvalue weighted by Gasteiger charge is 2.20. The second-order valence-corrected chi connectivity index (χ2v) is 5.51. The van der Waals surface area contributed by atoms with Crippen LogP contribution in [0.3, 0.4) is 0 Å². The van der Waals surface area contributed by atoms with Gasteiger partial charge in [0.15, 0.2) is 0 Å². The van der Waals surface area contributed by atoms with E-state index in [4.69, 9.17) is 10.00 Å². The summed E-state index contributed by atoms with van der Waals surface area (Å²) in [5, 5.41) is 11.9. The quantitative estimate of drug-likeness (QED) is 0.766. The highest BCUT2D eigenvalue weighted by molar-refractivity contribution is 5.39. The van der Waals surface area contributed by atoms with Crippen LogP contribution in [0.1, 0.15) is 37.8 Å². The van der Waals surface area contributed by atoms with Crippen molar-refractivity contribution in [2.45, 2.75) is 39.0 Å². The number of hydrogen-bond acceptors (Lipinski definition) is 3. The topological polar surface area (TPSA) is 45.0 Å². The van der Waals surface area contributed by atoms with Crippen LogP contribution in [0.25, 0.3) is 0 Å². The number of hydrogen-bond donors (Lipinski definition) is 1. The van der Waals surface area contributed by atoms with Gasteiger partial charge >= 0.3 is 0 Å². The zero-order chi connectivity index (χ0) is 14.3. The molecule has 0 aliphatic rings. The molecule has 19 heavy (non-hydrogen) atoms. The van der Waals surface area contributed by atoms with Gasteiger partial charge in [-0.3, -0.25) is 0 Å². The zero-order valence-electron chi connectivity index (χ0n) is 12.4. The number of methoxy groups -OCH3 is 1. The Balaban J connectivity index is 2.61. The molecule has 0 heterocycles. The van der Waals surface area contributed by atoms with Crippen LogP contribution < -0.4 is 10.1 Å². The van der Waals surface area contributed by atoms with Gasteiger partial charge in [-0.05, 0) is 37.1 Å². The van der Waals surface area contributed by atoms with Crippen molar-refractivity contribution in [1.82, 2.24) is 5.32 Å². The summed E-state index contributed by atoms with van der Waals surface area (Å²) in [6.07, 6.45) is 1.53. The molecule has 3 heteroatoms. The van der Waals surface area contributed by atoms with E-state index in [1.165, 1.54) is 5.56 Å². The maximum atomic E-state index is 8.49. The molecule has 1 aromatic carbocycles. The van der Waals surface area contributed by atoms with Gasteiger partial charge in [0.2, 0.25) is 0 Å². The number of rotatable bonds is 7. The van der Waals surface area contributed by atoms with Gasteiger partial charge in [-0.1, -0.05) is 26.0 Å². The molecule has 0 spiro atoms. The van der Waals surface area contributed by atoms with Crippen molar-refractivity contribution in [3.05, 3.63) is 29.3 Å². The standard InChI is InChI=1S/C16H24N2O/c1-13-11-14(7-8-15(13)19-4)16(2,3)12-18-10-6-5-9-17/h7-8,11,18H,5-6,10,12H2,1-4H3. The molecule has 0 radical (unpaired) electrons. The normalized spacial score (nSPS) is 11.1. The summed E-state index contributed by atoms with van der Waals surface area (Å²) < 4.78 is 5.29. The maximum Gasteiger partial charge on any atom is 0.121 e. The van der Waals surface area contributed by atoms with Crippen molar-refractivity contribution in [3.63, 3.8) is 0 Å². The number of unbranched alkanes of at least 4 members (excludes halogenated alkanes) is 1. The molecule has 1 N–H and O–H groups in total. The summed E-state index contributed by atoms with van der Waals surface area (Å²) >= 11 is 0. The van der Waals surface area contributed by atoms with Crippen LogP contribution in [-0.4, -0.2) is 20.2 Å². The number of aryl methyl sites for hydroxylation is 1. The fraction of sp³-hybridized carbons (Fsp3) is 0.562. The smallest absolute Gasteiger partial charge is 0.121 e. The second kappa shape index (κ2) is 7.16. The van der Waals surface area contributed by atoms with E-state index in [1.54, 1.807) is 7.11 Å². The fourth-order valence-electron chi connectivity index (χ4n) is 2.09. The number of benzene rings is 1. The minimum Gasteiger partial charge on any atom is -0.496 e. The first-order chi connectivity index (χ1) is 9.01. The largest absolute Gasteiger partial charge is 0.496 e. The van der Waals surface area contributed by atoms with E-state index in [0.29, 0.717) is 6.42 Å². The third-order valence-electron chi connectivity index (χ3n) is 3.39. The highest BCUT2D eigenvalue weighted by Crippen LogP contribution is 2.27. The van der Waals surface area contributed by atoms with Crippen LogP contribution in [0, 0.1) is 18.3 Å². The molecule has 0 saturated heterocycles. The summed E-state index contributed by atoms with van der Waals surface area (Å²) in [6.45, 7) is 8.33. The van der Waals surface area contributed by atoms with Crippen LogP contribution in [0.4, 0.5) is 0 Å². The number of nitrogens with zero attached hydrogens (tertiary/aromatic N) is 1. The van der Waals surface area contributed by atoms with Crippen LogP contribution in [0.5, 0.6) is 5.75 Å². The van der Waals surface area contributed by atoms with Gasteiger partial charge < -0.3 is 10.1 Å². The Morgan fingerprint density at radius 2 is 2.11 bits per heavy atom. The van der Waals surface area contributed by atoms with Crippen molar-refractivity contribution in [2.75, 3.05) is 20.2 Å². The van der Waals surface area contributed by atoms with E-state index < -0.39 is 0 Å². The molecular formula is C16H24N2O. The molecule has 0 aliphatic carbocycles. The molecular weight excluding hydrogens is 236 g/mol. The van der Waals surface area contributed by atoms with Gasteiger partial charge in [-0.15, -0.1) is 0 Å². The summed E-state index contributed by atoms with van der Waals surface area (Å²) in [5.41, 5.74) is 2.54. The average molecular weight is 260 g/mol. The predicted octanol–water partition coefficient (Wildman–Crippen LogP) is 3.17. The van der Waals surface area contributed by atoms with E-state index in [0.717, 1.165) is 30.8 Å². The van der Waals surface area contributed by atoms with E-state index in [9.17, 15) is 0 Å². The Bertz CT molecular complexity index is 447.